The Hall–Kier alpha value is -3.34. The van der Waals surface area contributed by atoms with Gasteiger partial charge in [-0.2, -0.15) is 0 Å². The van der Waals surface area contributed by atoms with Crippen LogP contribution in [-0.4, -0.2) is 24.5 Å². The van der Waals surface area contributed by atoms with Crippen LogP contribution < -0.4 is 15.4 Å². The Labute approximate surface area is 165 Å². The normalized spacial score (nSPS) is 10.4. The number of hydrogen-bond donors (Lipinski definition) is 2. The predicted molar refractivity (Wildman–Crippen MR) is 112 cm³/mol. The highest BCUT2D eigenvalue weighted by Crippen LogP contribution is 2.17. The van der Waals surface area contributed by atoms with Crippen molar-refractivity contribution in [2.45, 2.75) is 19.9 Å². The van der Waals surface area contributed by atoms with Gasteiger partial charge in [0, 0.05) is 19.3 Å². The summed E-state index contributed by atoms with van der Waals surface area (Å²) in [5.41, 5.74) is 4.07. The molecule has 0 atom stereocenters. The molecule has 1 heterocycles. The maximum Gasteiger partial charge on any atom is 0.252 e. The zero-order chi connectivity index (χ0) is 19.8. The molecule has 1 aromatic heterocycles. The molecule has 0 aliphatic rings. The van der Waals surface area contributed by atoms with Crippen LogP contribution in [0.25, 0.3) is 0 Å². The van der Waals surface area contributed by atoms with Gasteiger partial charge in [0.25, 0.3) is 5.91 Å². The number of nitrogens with one attached hydrogen (secondary N) is 2. The first-order valence-corrected chi connectivity index (χ1v) is 9.32. The number of carbonyl (C=O) groups is 1. The van der Waals surface area contributed by atoms with Gasteiger partial charge in [-0.1, -0.05) is 42.5 Å². The summed E-state index contributed by atoms with van der Waals surface area (Å²) in [5, 5.41) is 6.22. The smallest absolute Gasteiger partial charge is 0.252 e. The number of amides is 1. The largest absolute Gasteiger partial charge is 0.496 e. The summed E-state index contributed by atoms with van der Waals surface area (Å²) < 4.78 is 5.33. The predicted octanol–water partition coefficient (Wildman–Crippen LogP) is 3.98. The number of methoxy groups -OCH3 is 1. The van der Waals surface area contributed by atoms with Crippen LogP contribution in [0.15, 0.2) is 66.9 Å². The number of hydrogen-bond acceptors (Lipinski definition) is 4. The SMILES string of the molecule is COc1ccccc1CCNC(=O)c1ccc(NCc2ccccc2C)nc1. The summed E-state index contributed by atoms with van der Waals surface area (Å²) in [7, 11) is 1.65. The number of carbonyl (C=O) groups excluding carboxylic acids is 1. The van der Waals surface area contributed by atoms with Crippen molar-refractivity contribution in [1.82, 2.24) is 10.3 Å². The van der Waals surface area contributed by atoms with E-state index in [9.17, 15) is 4.79 Å². The summed E-state index contributed by atoms with van der Waals surface area (Å²) in [6.45, 7) is 3.32. The van der Waals surface area contributed by atoms with Crippen molar-refractivity contribution < 1.29 is 9.53 Å². The average Bonchev–Trinajstić information content (AvgIpc) is 2.74. The molecular formula is C23H25N3O2. The Morgan fingerprint density at radius 3 is 2.46 bits per heavy atom. The molecule has 2 aromatic carbocycles. The molecule has 2 N–H and O–H groups in total. The Morgan fingerprint density at radius 2 is 1.75 bits per heavy atom. The molecule has 0 bridgehead atoms. The molecule has 0 unspecified atom stereocenters. The number of para-hydroxylation sites is 1. The van der Waals surface area contributed by atoms with Crippen molar-refractivity contribution in [1.29, 1.82) is 0 Å². The van der Waals surface area contributed by atoms with E-state index in [-0.39, 0.29) is 5.91 Å². The first-order chi connectivity index (χ1) is 13.7. The topological polar surface area (TPSA) is 63.2 Å². The van der Waals surface area contributed by atoms with Crippen molar-refractivity contribution in [3.8, 4) is 5.75 Å². The molecule has 0 saturated heterocycles. The second kappa shape index (κ2) is 9.55. The lowest BCUT2D eigenvalue weighted by Crippen LogP contribution is -2.25. The van der Waals surface area contributed by atoms with Crippen molar-refractivity contribution in [2.24, 2.45) is 0 Å². The van der Waals surface area contributed by atoms with Crippen LogP contribution >= 0.6 is 0 Å². The molecule has 0 fully saturated rings. The lowest BCUT2D eigenvalue weighted by Gasteiger charge is -2.10. The van der Waals surface area contributed by atoms with Crippen LogP contribution in [0.2, 0.25) is 0 Å². The number of aryl methyl sites for hydroxylation is 1. The van der Waals surface area contributed by atoms with E-state index in [0.717, 1.165) is 17.1 Å². The summed E-state index contributed by atoms with van der Waals surface area (Å²) in [5.74, 6) is 1.45. The second-order valence-corrected chi connectivity index (χ2v) is 6.53. The van der Waals surface area contributed by atoms with Gasteiger partial charge in [-0.15, -0.1) is 0 Å². The zero-order valence-corrected chi connectivity index (χ0v) is 16.2. The zero-order valence-electron chi connectivity index (χ0n) is 16.2. The van der Waals surface area contributed by atoms with Crippen molar-refractivity contribution >= 4 is 11.7 Å². The Bertz CT molecular complexity index is 923. The standard InChI is InChI=1S/C23H25N3O2/c1-17-7-3-4-9-19(17)15-25-22-12-11-20(16-26-22)23(27)24-14-13-18-8-5-6-10-21(18)28-2/h3-12,16H,13-15H2,1-2H3,(H,24,27)(H,25,26). The molecule has 0 radical (unpaired) electrons. The van der Waals surface area contributed by atoms with Crippen LogP contribution in [0.4, 0.5) is 5.82 Å². The maximum absolute atomic E-state index is 12.3. The lowest BCUT2D eigenvalue weighted by atomic mass is 10.1. The monoisotopic (exact) mass is 375 g/mol. The number of ether oxygens (including phenoxy) is 1. The minimum absolute atomic E-state index is 0.132. The van der Waals surface area contributed by atoms with Gasteiger partial charge < -0.3 is 15.4 Å². The molecule has 28 heavy (non-hydrogen) atoms. The minimum atomic E-state index is -0.132. The summed E-state index contributed by atoms with van der Waals surface area (Å²) in [4.78, 5) is 16.7. The van der Waals surface area contributed by atoms with Gasteiger partial charge in [0.1, 0.15) is 11.6 Å². The van der Waals surface area contributed by atoms with E-state index >= 15 is 0 Å². The number of anilines is 1. The molecule has 0 aliphatic carbocycles. The molecule has 5 nitrogen and oxygen atoms in total. The highest BCUT2D eigenvalue weighted by molar-refractivity contribution is 5.94. The molecule has 5 heteroatoms. The third-order valence-electron chi connectivity index (χ3n) is 4.62. The number of nitrogens with zero attached hydrogens (tertiary/aromatic N) is 1. The maximum atomic E-state index is 12.3. The first-order valence-electron chi connectivity index (χ1n) is 9.32. The van der Waals surface area contributed by atoms with E-state index in [0.29, 0.717) is 25.1 Å². The van der Waals surface area contributed by atoms with Crippen LogP contribution in [-0.2, 0) is 13.0 Å². The summed E-state index contributed by atoms with van der Waals surface area (Å²) in [6, 6.07) is 19.7. The fourth-order valence-electron chi connectivity index (χ4n) is 2.95. The van der Waals surface area contributed by atoms with E-state index in [1.54, 1.807) is 19.4 Å². The van der Waals surface area contributed by atoms with Crippen LogP contribution in [0.1, 0.15) is 27.0 Å². The molecule has 0 aliphatic heterocycles. The number of aromatic nitrogens is 1. The summed E-state index contributed by atoms with van der Waals surface area (Å²) in [6.07, 6.45) is 2.30. The second-order valence-electron chi connectivity index (χ2n) is 6.53. The van der Waals surface area contributed by atoms with Crippen LogP contribution in [0, 0.1) is 6.92 Å². The highest BCUT2D eigenvalue weighted by Gasteiger charge is 2.07. The van der Waals surface area contributed by atoms with Crippen molar-refractivity contribution in [3.05, 3.63) is 89.1 Å². The van der Waals surface area contributed by atoms with E-state index in [1.165, 1.54) is 11.1 Å². The van der Waals surface area contributed by atoms with Crippen molar-refractivity contribution in [2.75, 3.05) is 19.0 Å². The minimum Gasteiger partial charge on any atom is -0.496 e. The third-order valence-corrected chi connectivity index (χ3v) is 4.62. The molecule has 0 spiro atoms. The third kappa shape index (κ3) is 5.10. The van der Waals surface area contributed by atoms with Gasteiger partial charge >= 0.3 is 0 Å². The lowest BCUT2D eigenvalue weighted by molar-refractivity contribution is 0.0953. The van der Waals surface area contributed by atoms with Gasteiger partial charge in [-0.05, 0) is 48.2 Å². The van der Waals surface area contributed by atoms with E-state index in [2.05, 4.69) is 34.7 Å². The van der Waals surface area contributed by atoms with Gasteiger partial charge in [0.15, 0.2) is 0 Å². The van der Waals surface area contributed by atoms with Crippen molar-refractivity contribution in [3.63, 3.8) is 0 Å². The number of rotatable bonds is 8. The fourth-order valence-corrected chi connectivity index (χ4v) is 2.95. The molecule has 0 saturated carbocycles. The molecular weight excluding hydrogens is 350 g/mol. The van der Waals surface area contributed by atoms with Gasteiger partial charge in [0.05, 0.1) is 12.7 Å². The number of benzene rings is 2. The quantitative estimate of drug-likeness (QED) is 0.625. The van der Waals surface area contributed by atoms with E-state index in [4.69, 9.17) is 4.74 Å². The van der Waals surface area contributed by atoms with Gasteiger partial charge in [-0.25, -0.2) is 4.98 Å². The Balaban J connectivity index is 1.50. The van der Waals surface area contributed by atoms with Gasteiger partial charge in [-0.3, -0.25) is 4.79 Å². The average molecular weight is 375 g/mol. The Kier molecular flexibility index (Phi) is 6.63. The fraction of sp³-hybridized carbons (Fsp3) is 0.217. The molecule has 144 valence electrons. The highest BCUT2D eigenvalue weighted by atomic mass is 16.5. The molecule has 3 aromatic rings. The number of pyridine rings is 1. The van der Waals surface area contributed by atoms with E-state index < -0.39 is 0 Å². The van der Waals surface area contributed by atoms with Gasteiger partial charge in [0.2, 0.25) is 0 Å². The summed E-state index contributed by atoms with van der Waals surface area (Å²) >= 11 is 0. The molecule has 1 amide bonds. The van der Waals surface area contributed by atoms with E-state index in [1.807, 2.05) is 42.5 Å². The Morgan fingerprint density at radius 1 is 1.00 bits per heavy atom. The van der Waals surface area contributed by atoms with Crippen LogP contribution in [0.5, 0.6) is 5.75 Å². The molecule has 3 rings (SSSR count). The van der Waals surface area contributed by atoms with Crippen LogP contribution in [0.3, 0.4) is 0 Å². The first kappa shape index (κ1) is 19.4.